The van der Waals surface area contributed by atoms with Gasteiger partial charge in [0.25, 0.3) is 0 Å². The first-order valence-electron chi connectivity index (χ1n) is 4.69. The third-order valence-electron chi connectivity index (χ3n) is 2.05. The minimum Gasteiger partial charge on any atom is -0.332 e. The van der Waals surface area contributed by atoms with Crippen molar-refractivity contribution >= 4 is 27.6 Å². The molecule has 0 bridgehead atoms. The quantitative estimate of drug-likeness (QED) is 0.730. The first kappa shape index (κ1) is 15.4. The van der Waals surface area contributed by atoms with E-state index in [9.17, 15) is 22.8 Å². The predicted octanol–water partition coefficient (Wildman–Crippen LogP) is 2.14. The maximum absolute atomic E-state index is 12.2. The second-order valence-electron chi connectivity index (χ2n) is 3.31. The van der Waals surface area contributed by atoms with Crippen molar-refractivity contribution < 1.29 is 22.8 Å². The Morgan fingerprint density at radius 1 is 1.38 bits per heavy atom. The largest absolute Gasteiger partial charge is 0.471 e. The van der Waals surface area contributed by atoms with E-state index in [0.717, 1.165) is 0 Å². The Morgan fingerprint density at radius 3 is 2.19 bits per heavy atom. The molecule has 0 radical (unpaired) electrons. The summed E-state index contributed by atoms with van der Waals surface area (Å²) in [5.41, 5.74) is 0. The molecule has 94 valence electrons. The van der Waals surface area contributed by atoms with Gasteiger partial charge in [0.05, 0.1) is 5.33 Å². The standard InChI is InChI=1S/C9H13BrF3NO2/c1-3-14(8(16)9(11,12)13)6(2)4-7(15)5-10/h6H,3-5H2,1-2H3. The molecule has 0 saturated carbocycles. The fourth-order valence-corrected chi connectivity index (χ4v) is 1.54. The Kier molecular flexibility index (Phi) is 5.99. The lowest BCUT2D eigenvalue weighted by Crippen LogP contribution is -2.46. The summed E-state index contributed by atoms with van der Waals surface area (Å²) in [5, 5.41) is 0.0785. The summed E-state index contributed by atoms with van der Waals surface area (Å²) >= 11 is 2.92. The van der Waals surface area contributed by atoms with Crippen molar-refractivity contribution in [1.29, 1.82) is 0 Å². The first-order valence-corrected chi connectivity index (χ1v) is 5.81. The minimum absolute atomic E-state index is 0.0743. The molecule has 16 heavy (non-hydrogen) atoms. The number of carbonyl (C=O) groups excluding carboxylic acids is 2. The number of ketones is 1. The van der Waals surface area contributed by atoms with Gasteiger partial charge in [0.15, 0.2) is 0 Å². The van der Waals surface area contributed by atoms with Crippen LogP contribution in [0.5, 0.6) is 0 Å². The molecule has 0 aromatic carbocycles. The Bertz CT molecular complexity index is 268. The maximum atomic E-state index is 12.2. The molecule has 1 unspecified atom stereocenters. The highest BCUT2D eigenvalue weighted by Crippen LogP contribution is 2.20. The normalized spacial score (nSPS) is 13.4. The lowest BCUT2D eigenvalue weighted by atomic mass is 10.1. The van der Waals surface area contributed by atoms with Crippen molar-refractivity contribution in [2.75, 3.05) is 11.9 Å². The van der Waals surface area contributed by atoms with Crippen LogP contribution in [0.3, 0.4) is 0 Å². The first-order chi connectivity index (χ1) is 7.23. The Morgan fingerprint density at radius 2 is 1.88 bits per heavy atom. The summed E-state index contributed by atoms with van der Waals surface area (Å²) in [4.78, 5) is 22.7. The number of alkyl halides is 4. The summed E-state index contributed by atoms with van der Waals surface area (Å²) in [7, 11) is 0. The number of nitrogens with zero attached hydrogens (tertiary/aromatic N) is 1. The highest BCUT2D eigenvalue weighted by Gasteiger charge is 2.43. The van der Waals surface area contributed by atoms with Gasteiger partial charge < -0.3 is 4.90 Å². The summed E-state index contributed by atoms with van der Waals surface area (Å²) in [6, 6.07) is -0.746. The SMILES string of the molecule is CCN(C(=O)C(F)(F)F)C(C)CC(=O)CBr. The van der Waals surface area contributed by atoms with Gasteiger partial charge >= 0.3 is 12.1 Å². The Balaban J connectivity index is 4.61. The van der Waals surface area contributed by atoms with Crippen molar-refractivity contribution in [3.05, 3.63) is 0 Å². The van der Waals surface area contributed by atoms with E-state index in [-0.39, 0.29) is 24.1 Å². The van der Waals surface area contributed by atoms with Gasteiger partial charge in [-0.15, -0.1) is 0 Å². The van der Waals surface area contributed by atoms with E-state index in [4.69, 9.17) is 0 Å². The fraction of sp³-hybridized carbons (Fsp3) is 0.778. The van der Waals surface area contributed by atoms with Gasteiger partial charge in [0.2, 0.25) is 0 Å². The molecule has 1 amide bonds. The molecule has 0 aliphatic heterocycles. The van der Waals surface area contributed by atoms with Crippen LogP contribution in [0.2, 0.25) is 0 Å². The van der Waals surface area contributed by atoms with Gasteiger partial charge in [-0.3, -0.25) is 9.59 Å². The highest BCUT2D eigenvalue weighted by molar-refractivity contribution is 9.09. The predicted molar refractivity (Wildman–Crippen MR) is 56.3 cm³/mol. The zero-order valence-electron chi connectivity index (χ0n) is 8.97. The molecular weight excluding hydrogens is 291 g/mol. The monoisotopic (exact) mass is 303 g/mol. The molecule has 3 nitrogen and oxygen atoms in total. The number of carbonyl (C=O) groups is 2. The summed E-state index contributed by atoms with van der Waals surface area (Å²) in [6.07, 6.45) is -4.97. The Hall–Kier alpha value is -0.590. The van der Waals surface area contributed by atoms with E-state index >= 15 is 0 Å². The lowest BCUT2D eigenvalue weighted by molar-refractivity contribution is -0.187. The van der Waals surface area contributed by atoms with Crippen LogP contribution < -0.4 is 0 Å². The molecule has 0 saturated heterocycles. The number of Topliss-reactive ketones (excluding diaryl/α,β-unsaturated/α-hetero) is 1. The van der Waals surface area contributed by atoms with Crippen molar-refractivity contribution in [1.82, 2.24) is 4.90 Å². The van der Waals surface area contributed by atoms with E-state index in [1.165, 1.54) is 13.8 Å². The van der Waals surface area contributed by atoms with Crippen LogP contribution in [-0.2, 0) is 9.59 Å². The molecule has 0 aromatic heterocycles. The van der Waals surface area contributed by atoms with Crippen molar-refractivity contribution in [3.63, 3.8) is 0 Å². The highest BCUT2D eigenvalue weighted by atomic mass is 79.9. The van der Waals surface area contributed by atoms with Crippen LogP contribution in [0, 0.1) is 0 Å². The maximum Gasteiger partial charge on any atom is 0.471 e. The summed E-state index contributed by atoms with van der Waals surface area (Å²) in [5.74, 6) is -2.13. The van der Waals surface area contributed by atoms with Crippen LogP contribution in [0.25, 0.3) is 0 Å². The van der Waals surface area contributed by atoms with Gasteiger partial charge in [0, 0.05) is 19.0 Å². The molecule has 0 rings (SSSR count). The van der Waals surface area contributed by atoms with Gasteiger partial charge in [0.1, 0.15) is 5.78 Å². The second kappa shape index (κ2) is 6.22. The topological polar surface area (TPSA) is 37.4 Å². The minimum atomic E-state index is -4.89. The molecule has 0 aromatic rings. The van der Waals surface area contributed by atoms with Crippen LogP contribution in [0.4, 0.5) is 13.2 Å². The van der Waals surface area contributed by atoms with Gasteiger partial charge in [-0.1, -0.05) is 15.9 Å². The number of halogens is 4. The summed E-state index contributed by atoms with van der Waals surface area (Å²) in [6.45, 7) is 2.79. The van der Waals surface area contributed by atoms with E-state index < -0.39 is 18.1 Å². The van der Waals surface area contributed by atoms with Crippen LogP contribution in [-0.4, -0.2) is 40.7 Å². The average Bonchev–Trinajstić information content (AvgIpc) is 2.17. The molecular formula is C9H13BrF3NO2. The van der Waals surface area contributed by atoms with Gasteiger partial charge in [-0.2, -0.15) is 13.2 Å². The van der Waals surface area contributed by atoms with Crippen molar-refractivity contribution in [2.45, 2.75) is 32.5 Å². The lowest BCUT2D eigenvalue weighted by Gasteiger charge is -2.28. The third-order valence-corrected chi connectivity index (χ3v) is 2.67. The van der Waals surface area contributed by atoms with Crippen LogP contribution in [0.1, 0.15) is 20.3 Å². The molecule has 0 spiro atoms. The summed E-state index contributed by atoms with van der Waals surface area (Å²) < 4.78 is 36.5. The molecule has 0 heterocycles. The fourth-order valence-electron chi connectivity index (χ4n) is 1.31. The van der Waals surface area contributed by atoms with Crippen LogP contribution in [0.15, 0.2) is 0 Å². The Labute approximate surface area is 100 Å². The van der Waals surface area contributed by atoms with E-state index in [1.54, 1.807) is 0 Å². The number of rotatable bonds is 5. The van der Waals surface area contributed by atoms with E-state index in [0.29, 0.717) is 4.90 Å². The van der Waals surface area contributed by atoms with Crippen molar-refractivity contribution in [2.24, 2.45) is 0 Å². The molecule has 7 heteroatoms. The zero-order chi connectivity index (χ0) is 12.9. The van der Waals surface area contributed by atoms with Crippen molar-refractivity contribution in [3.8, 4) is 0 Å². The smallest absolute Gasteiger partial charge is 0.332 e. The molecule has 0 fully saturated rings. The third kappa shape index (κ3) is 4.51. The van der Waals surface area contributed by atoms with E-state index in [1.807, 2.05) is 0 Å². The molecule has 1 atom stereocenters. The molecule has 0 N–H and O–H groups in total. The second-order valence-corrected chi connectivity index (χ2v) is 3.88. The molecule has 0 aliphatic carbocycles. The zero-order valence-corrected chi connectivity index (χ0v) is 10.6. The number of hydrogen-bond donors (Lipinski definition) is 0. The van der Waals surface area contributed by atoms with Crippen LogP contribution >= 0.6 is 15.9 Å². The average molecular weight is 304 g/mol. The van der Waals surface area contributed by atoms with E-state index in [2.05, 4.69) is 15.9 Å². The molecule has 0 aliphatic rings. The van der Waals surface area contributed by atoms with Gasteiger partial charge in [-0.25, -0.2) is 0 Å². The number of amides is 1. The van der Waals surface area contributed by atoms with Gasteiger partial charge in [-0.05, 0) is 13.8 Å². The number of hydrogen-bond acceptors (Lipinski definition) is 2.